The second-order valence-corrected chi connectivity index (χ2v) is 5.71. The molecule has 0 spiro atoms. The van der Waals surface area contributed by atoms with Crippen molar-refractivity contribution >= 4 is 5.57 Å². The minimum Gasteiger partial charge on any atom is -0.309 e. The zero-order valence-electron chi connectivity index (χ0n) is 12.2. The van der Waals surface area contributed by atoms with Crippen molar-refractivity contribution in [2.24, 2.45) is 5.92 Å². The number of nitrogens with zero attached hydrogens (tertiary/aromatic N) is 1. The first kappa shape index (κ1) is 13.4. The highest BCUT2D eigenvalue weighted by Crippen LogP contribution is 2.39. The van der Waals surface area contributed by atoms with Gasteiger partial charge in [-0.1, -0.05) is 43.7 Å². The van der Waals surface area contributed by atoms with Crippen molar-refractivity contribution in [3.8, 4) is 0 Å². The third-order valence-corrected chi connectivity index (χ3v) is 4.06. The molecule has 0 saturated heterocycles. The summed E-state index contributed by atoms with van der Waals surface area (Å²) in [6, 6.07) is 8.94. The fraction of sp³-hybridized carbons (Fsp3) is 0.529. The van der Waals surface area contributed by atoms with Crippen LogP contribution in [0.1, 0.15) is 37.8 Å². The molecule has 18 heavy (non-hydrogen) atoms. The molecule has 0 heterocycles. The lowest BCUT2D eigenvalue weighted by Crippen LogP contribution is -2.14. The summed E-state index contributed by atoms with van der Waals surface area (Å²) >= 11 is 0. The van der Waals surface area contributed by atoms with Gasteiger partial charge in [-0.15, -0.1) is 0 Å². The van der Waals surface area contributed by atoms with Crippen molar-refractivity contribution in [1.29, 1.82) is 0 Å². The Hall–Kier alpha value is -1.08. The third-order valence-electron chi connectivity index (χ3n) is 4.06. The molecule has 98 valence electrons. The zero-order chi connectivity index (χ0) is 13.1. The van der Waals surface area contributed by atoms with Crippen LogP contribution in [0.2, 0.25) is 0 Å². The molecule has 0 N–H and O–H groups in total. The number of rotatable bonds is 5. The molecule has 1 aliphatic carbocycles. The lowest BCUT2D eigenvalue weighted by molar-refractivity contribution is 0.412. The van der Waals surface area contributed by atoms with Gasteiger partial charge in [-0.05, 0) is 56.0 Å². The Morgan fingerprint density at radius 3 is 2.61 bits per heavy atom. The molecule has 0 amide bonds. The van der Waals surface area contributed by atoms with E-state index in [1.54, 1.807) is 11.1 Å². The first-order valence-electron chi connectivity index (χ1n) is 7.08. The van der Waals surface area contributed by atoms with Gasteiger partial charge in [0.25, 0.3) is 0 Å². The molecule has 2 rings (SSSR count). The normalized spacial score (nSPS) is 16.3. The predicted molar refractivity (Wildman–Crippen MR) is 79.7 cm³/mol. The molecule has 0 aliphatic heterocycles. The standard InChI is InChI=1S/C17H25N/c1-5-13(2)17-15(10-11-18(3)4)12-14-8-6-7-9-16(14)17/h6-9,13H,5,10-12H2,1-4H3. The summed E-state index contributed by atoms with van der Waals surface area (Å²) in [5, 5.41) is 0. The fourth-order valence-electron chi connectivity index (χ4n) is 2.85. The fourth-order valence-corrected chi connectivity index (χ4v) is 2.85. The minimum absolute atomic E-state index is 0.686. The highest BCUT2D eigenvalue weighted by molar-refractivity contribution is 5.77. The van der Waals surface area contributed by atoms with Crippen LogP contribution in [-0.2, 0) is 6.42 Å². The Morgan fingerprint density at radius 1 is 1.22 bits per heavy atom. The Bertz CT molecular complexity index is 443. The predicted octanol–water partition coefficient (Wildman–Crippen LogP) is 3.99. The Labute approximate surface area is 112 Å². The van der Waals surface area contributed by atoms with Gasteiger partial charge >= 0.3 is 0 Å². The van der Waals surface area contributed by atoms with Gasteiger partial charge in [-0.25, -0.2) is 0 Å². The Morgan fingerprint density at radius 2 is 1.94 bits per heavy atom. The van der Waals surface area contributed by atoms with E-state index in [-0.39, 0.29) is 0 Å². The number of hydrogen-bond donors (Lipinski definition) is 0. The molecular formula is C17H25N. The molecule has 0 bridgehead atoms. The van der Waals surface area contributed by atoms with Crippen LogP contribution in [0.25, 0.3) is 5.57 Å². The van der Waals surface area contributed by atoms with Gasteiger partial charge in [0.05, 0.1) is 0 Å². The van der Waals surface area contributed by atoms with E-state index in [9.17, 15) is 0 Å². The maximum absolute atomic E-state index is 2.37. The highest BCUT2D eigenvalue weighted by Gasteiger charge is 2.23. The van der Waals surface area contributed by atoms with Crippen LogP contribution in [0.4, 0.5) is 0 Å². The average Bonchev–Trinajstić information content (AvgIpc) is 2.73. The number of allylic oxidation sites excluding steroid dienone is 1. The van der Waals surface area contributed by atoms with Crippen molar-refractivity contribution in [2.75, 3.05) is 20.6 Å². The summed E-state index contributed by atoms with van der Waals surface area (Å²) in [6.45, 7) is 5.82. The van der Waals surface area contributed by atoms with Crippen molar-refractivity contribution in [1.82, 2.24) is 4.90 Å². The number of hydrogen-bond acceptors (Lipinski definition) is 1. The molecule has 0 saturated carbocycles. The van der Waals surface area contributed by atoms with E-state index >= 15 is 0 Å². The topological polar surface area (TPSA) is 3.24 Å². The first-order valence-corrected chi connectivity index (χ1v) is 7.08. The van der Waals surface area contributed by atoms with Crippen molar-refractivity contribution < 1.29 is 0 Å². The maximum atomic E-state index is 2.37. The van der Waals surface area contributed by atoms with E-state index in [4.69, 9.17) is 0 Å². The molecule has 1 unspecified atom stereocenters. The summed E-state index contributed by atoms with van der Waals surface area (Å²) in [5.41, 5.74) is 6.34. The molecule has 1 aromatic rings. The van der Waals surface area contributed by atoms with Crippen LogP contribution in [0.15, 0.2) is 29.8 Å². The quantitative estimate of drug-likeness (QED) is 0.755. The van der Waals surface area contributed by atoms with Crippen molar-refractivity contribution in [3.05, 3.63) is 41.0 Å². The molecule has 0 aromatic heterocycles. The lowest BCUT2D eigenvalue weighted by atomic mass is 9.90. The summed E-state index contributed by atoms with van der Waals surface area (Å²) in [7, 11) is 4.32. The van der Waals surface area contributed by atoms with E-state index in [2.05, 4.69) is 57.1 Å². The van der Waals surface area contributed by atoms with E-state index in [0.717, 1.165) is 6.54 Å². The van der Waals surface area contributed by atoms with E-state index in [1.807, 2.05) is 0 Å². The number of fused-ring (bicyclic) bond motifs is 1. The van der Waals surface area contributed by atoms with Gasteiger partial charge in [0.15, 0.2) is 0 Å². The summed E-state index contributed by atoms with van der Waals surface area (Å²) in [5.74, 6) is 0.686. The molecule has 1 aliphatic rings. The molecule has 0 fully saturated rings. The minimum atomic E-state index is 0.686. The van der Waals surface area contributed by atoms with Gasteiger partial charge < -0.3 is 4.90 Å². The van der Waals surface area contributed by atoms with E-state index in [0.29, 0.717) is 5.92 Å². The Balaban J connectivity index is 2.29. The molecular weight excluding hydrogens is 218 g/mol. The number of benzene rings is 1. The molecule has 1 heteroatoms. The van der Waals surface area contributed by atoms with Crippen LogP contribution >= 0.6 is 0 Å². The molecule has 1 atom stereocenters. The van der Waals surface area contributed by atoms with E-state index in [1.165, 1.54) is 30.4 Å². The SMILES string of the molecule is CCC(C)C1=C(CCN(C)C)Cc2ccccc21. The smallest absolute Gasteiger partial charge is 0.00128 e. The van der Waals surface area contributed by atoms with Crippen LogP contribution in [0.3, 0.4) is 0 Å². The highest BCUT2D eigenvalue weighted by atomic mass is 15.0. The zero-order valence-corrected chi connectivity index (χ0v) is 12.2. The largest absolute Gasteiger partial charge is 0.309 e. The second-order valence-electron chi connectivity index (χ2n) is 5.71. The second kappa shape index (κ2) is 5.71. The Kier molecular flexibility index (Phi) is 4.23. The molecule has 1 nitrogen and oxygen atoms in total. The summed E-state index contributed by atoms with van der Waals surface area (Å²) < 4.78 is 0. The lowest BCUT2D eigenvalue weighted by Gasteiger charge is -2.16. The van der Waals surface area contributed by atoms with Crippen molar-refractivity contribution in [3.63, 3.8) is 0 Å². The van der Waals surface area contributed by atoms with Crippen molar-refractivity contribution in [2.45, 2.75) is 33.1 Å². The molecule has 1 aromatic carbocycles. The van der Waals surface area contributed by atoms with Crippen LogP contribution in [-0.4, -0.2) is 25.5 Å². The van der Waals surface area contributed by atoms with Crippen LogP contribution in [0.5, 0.6) is 0 Å². The average molecular weight is 243 g/mol. The molecule has 0 radical (unpaired) electrons. The van der Waals surface area contributed by atoms with Gasteiger partial charge in [0.2, 0.25) is 0 Å². The van der Waals surface area contributed by atoms with Gasteiger partial charge in [-0.3, -0.25) is 0 Å². The van der Waals surface area contributed by atoms with Gasteiger partial charge in [0.1, 0.15) is 0 Å². The van der Waals surface area contributed by atoms with Gasteiger partial charge in [-0.2, -0.15) is 0 Å². The van der Waals surface area contributed by atoms with Gasteiger partial charge in [0, 0.05) is 6.54 Å². The summed E-state index contributed by atoms with van der Waals surface area (Å²) in [6.07, 6.45) is 3.61. The summed E-state index contributed by atoms with van der Waals surface area (Å²) in [4.78, 5) is 2.28. The van der Waals surface area contributed by atoms with E-state index < -0.39 is 0 Å². The van der Waals surface area contributed by atoms with Crippen LogP contribution in [0, 0.1) is 5.92 Å². The first-order chi connectivity index (χ1) is 8.63. The third kappa shape index (κ3) is 2.67. The maximum Gasteiger partial charge on any atom is 0.00128 e. The monoisotopic (exact) mass is 243 g/mol. The van der Waals surface area contributed by atoms with Crippen LogP contribution < -0.4 is 0 Å².